The van der Waals surface area contributed by atoms with E-state index in [0.29, 0.717) is 26.2 Å². The molecule has 1 aromatic rings. The molecular formula is C19H29N3O5. The summed E-state index contributed by atoms with van der Waals surface area (Å²) in [5, 5.41) is 23.7. The lowest BCUT2D eigenvalue weighted by atomic mass is 10.0. The Morgan fingerprint density at radius 1 is 1.37 bits per heavy atom. The molecule has 3 heterocycles. The zero-order valence-corrected chi connectivity index (χ0v) is 15.7. The van der Waals surface area contributed by atoms with Gasteiger partial charge in [-0.15, -0.1) is 0 Å². The van der Waals surface area contributed by atoms with Gasteiger partial charge in [0.25, 0.3) is 0 Å². The molecular weight excluding hydrogens is 350 g/mol. The van der Waals surface area contributed by atoms with E-state index in [9.17, 15) is 15.0 Å². The molecule has 0 aromatic carbocycles. The predicted octanol–water partition coefficient (Wildman–Crippen LogP) is -0.312. The molecule has 0 saturated carbocycles. The zero-order valence-electron chi connectivity index (χ0n) is 15.7. The number of aromatic nitrogens is 1. The van der Waals surface area contributed by atoms with Crippen molar-refractivity contribution in [1.82, 2.24) is 15.2 Å². The number of likely N-dealkylation sites (tertiary alicyclic amines) is 1. The molecule has 27 heavy (non-hydrogen) atoms. The molecule has 3 rings (SSSR count). The fraction of sp³-hybridized carbons (Fsp3) is 0.684. The maximum atomic E-state index is 12.6. The number of rotatable bonds is 8. The minimum atomic E-state index is -1.07. The second-order valence-electron chi connectivity index (χ2n) is 7.19. The molecule has 0 bridgehead atoms. The number of hydrogen-bond acceptors (Lipinski definition) is 7. The maximum Gasteiger partial charge on any atom is 0.225 e. The second kappa shape index (κ2) is 9.57. The van der Waals surface area contributed by atoms with Crippen molar-refractivity contribution >= 4 is 5.91 Å². The van der Waals surface area contributed by atoms with E-state index in [0.717, 1.165) is 18.5 Å². The fourth-order valence-electron chi connectivity index (χ4n) is 3.83. The molecule has 8 nitrogen and oxygen atoms in total. The van der Waals surface area contributed by atoms with Crippen LogP contribution < -0.4 is 5.32 Å². The number of methoxy groups -OCH3 is 1. The smallest absolute Gasteiger partial charge is 0.225 e. The van der Waals surface area contributed by atoms with Gasteiger partial charge in [-0.2, -0.15) is 0 Å². The van der Waals surface area contributed by atoms with Gasteiger partial charge in [-0.3, -0.25) is 9.78 Å². The highest BCUT2D eigenvalue weighted by molar-refractivity contribution is 5.77. The van der Waals surface area contributed by atoms with Gasteiger partial charge in [-0.05, 0) is 25.0 Å². The molecule has 1 amide bonds. The molecule has 2 fully saturated rings. The van der Waals surface area contributed by atoms with Crippen molar-refractivity contribution < 1.29 is 24.5 Å². The third kappa shape index (κ3) is 5.03. The van der Waals surface area contributed by atoms with Crippen LogP contribution in [0.15, 0.2) is 24.4 Å². The van der Waals surface area contributed by atoms with Crippen LogP contribution in [-0.2, 0) is 20.8 Å². The predicted molar refractivity (Wildman–Crippen MR) is 97.8 cm³/mol. The summed E-state index contributed by atoms with van der Waals surface area (Å²) in [6.45, 7) is 2.13. The summed E-state index contributed by atoms with van der Waals surface area (Å²) in [7, 11) is 1.63. The van der Waals surface area contributed by atoms with Crippen molar-refractivity contribution in [1.29, 1.82) is 0 Å². The first-order valence-corrected chi connectivity index (χ1v) is 9.50. The summed E-state index contributed by atoms with van der Waals surface area (Å²) in [4.78, 5) is 18.6. The maximum absolute atomic E-state index is 12.6. The van der Waals surface area contributed by atoms with Gasteiger partial charge in [0, 0.05) is 32.9 Å². The molecule has 150 valence electrons. The lowest BCUT2D eigenvalue weighted by molar-refractivity contribution is -0.137. The van der Waals surface area contributed by atoms with Gasteiger partial charge in [-0.1, -0.05) is 6.07 Å². The van der Waals surface area contributed by atoms with Gasteiger partial charge < -0.3 is 29.9 Å². The van der Waals surface area contributed by atoms with Crippen molar-refractivity contribution in [3.63, 3.8) is 0 Å². The Bertz CT molecular complexity index is 602. The summed E-state index contributed by atoms with van der Waals surface area (Å²) in [6.07, 6.45) is 0.319. The zero-order chi connectivity index (χ0) is 19.2. The van der Waals surface area contributed by atoms with E-state index < -0.39 is 24.4 Å². The number of nitrogens with zero attached hydrogens (tertiary/aromatic N) is 2. The van der Waals surface area contributed by atoms with Crippen LogP contribution in [0.3, 0.4) is 0 Å². The number of amides is 1. The van der Waals surface area contributed by atoms with Crippen molar-refractivity contribution in [3.05, 3.63) is 30.1 Å². The number of hydrogen-bond donors (Lipinski definition) is 3. The quantitative estimate of drug-likeness (QED) is 0.569. The minimum Gasteiger partial charge on any atom is -0.388 e. The van der Waals surface area contributed by atoms with Crippen LogP contribution >= 0.6 is 0 Å². The van der Waals surface area contributed by atoms with Gasteiger partial charge in [0.15, 0.2) is 0 Å². The van der Waals surface area contributed by atoms with E-state index in [1.807, 2.05) is 18.2 Å². The topological polar surface area (TPSA) is 104 Å². The van der Waals surface area contributed by atoms with Crippen LogP contribution in [0.1, 0.15) is 25.0 Å². The normalized spacial score (nSPS) is 30.8. The monoisotopic (exact) mass is 379 g/mol. The summed E-state index contributed by atoms with van der Waals surface area (Å²) in [5.41, 5.74) is 0.885. The molecule has 0 unspecified atom stereocenters. The van der Waals surface area contributed by atoms with E-state index >= 15 is 0 Å². The highest BCUT2D eigenvalue weighted by Gasteiger charge is 2.44. The molecule has 8 heteroatoms. The van der Waals surface area contributed by atoms with Crippen LogP contribution in [0.5, 0.6) is 0 Å². The van der Waals surface area contributed by atoms with Crippen LogP contribution in [0.4, 0.5) is 0 Å². The summed E-state index contributed by atoms with van der Waals surface area (Å²) in [5.74, 6) is -0.0621. The Labute approximate surface area is 159 Å². The van der Waals surface area contributed by atoms with Gasteiger partial charge >= 0.3 is 0 Å². The number of nitrogens with one attached hydrogen (secondary N) is 1. The Morgan fingerprint density at radius 3 is 2.93 bits per heavy atom. The van der Waals surface area contributed by atoms with Crippen molar-refractivity contribution in [3.8, 4) is 0 Å². The Morgan fingerprint density at radius 2 is 2.19 bits per heavy atom. The fourth-order valence-corrected chi connectivity index (χ4v) is 3.83. The Balaban J connectivity index is 1.48. The molecule has 0 radical (unpaired) electrons. The minimum absolute atomic E-state index is 0.0621. The first-order valence-electron chi connectivity index (χ1n) is 9.50. The molecule has 0 spiro atoms. The second-order valence-corrected chi connectivity index (χ2v) is 7.19. The lowest BCUT2D eigenvalue weighted by Crippen LogP contribution is -2.41. The third-order valence-electron chi connectivity index (χ3n) is 5.27. The highest BCUT2D eigenvalue weighted by Crippen LogP contribution is 2.26. The largest absolute Gasteiger partial charge is 0.388 e. The SMILES string of the molecule is COC[C@H]1CCCN1C(=O)C[C@@H]1O[C@H](CNCc2ccccn2)[C@@H](O)[C@H]1O. The lowest BCUT2D eigenvalue weighted by Gasteiger charge is -2.26. The van der Waals surface area contributed by atoms with Crippen LogP contribution in [-0.4, -0.2) is 83.3 Å². The van der Waals surface area contributed by atoms with Crippen LogP contribution in [0.2, 0.25) is 0 Å². The molecule has 3 N–H and O–H groups in total. The van der Waals surface area contributed by atoms with Crippen molar-refractivity contribution in [2.75, 3.05) is 26.8 Å². The van der Waals surface area contributed by atoms with Gasteiger partial charge in [0.2, 0.25) is 5.91 Å². The average molecular weight is 379 g/mol. The third-order valence-corrected chi connectivity index (χ3v) is 5.27. The number of aliphatic hydroxyl groups is 2. The number of carbonyl (C=O) groups excluding carboxylic acids is 1. The van der Waals surface area contributed by atoms with Crippen LogP contribution in [0, 0.1) is 0 Å². The highest BCUT2D eigenvalue weighted by atomic mass is 16.5. The van der Waals surface area contributed by atoms with Crippen molar-refractivity contribution in [2.24, 2.45) is 0 Å². The molecule has 1 aromatic heterocycles. The van der Waals surface area contributed by atoms with Gasteiger partial charge in [-0.25, -0.2) is 0 Å². The molecule has 2 aliphatic rings. The molecule has 2 saturated heterocycles. The first kappa shape index (κ1) is 20.2. The number of pyridine rings is 1. The average Bonchev–Trinajstić information content (AvgIpc) is 3.24. The molecule has 0 aliphatic carbocycles. The molecule has 5 atom stereocenters. The number of aliphatic hydroxyl groups excluding tert-OH is 2. The first-order chi connectivity index (χ1) is 13.1. The summed E-state index contributed by atoms with van der Waals surface area (Å²) >= 11 is 0. The summed E-state index contributed by atoms with van der Waals surface area (Å²) < 4.78 is 11.0. The van der Waals surface area contributed by atoms with Gasteiger partial charge in [0.05, 0.1) is 37.0 Å². The van der Waals surface area contributed by atoms with Crippen molar-refractivity contribution in [2.45, 2.75) is 56.3 Å². The van der Waals surface area contributed by atoms with E-state index in [-0.39, 0.29) is 18.4 Å². The Hall–Kier alpha value is -1.58. The van der Waals surface area contributed by atoms with E-state index in [4.69, 9.17) is 9.47 Å². The molecule has 2 aliphatic heterocycles. The standard InChI is InChI=1S/C19H29N3O5/c1-26-12-14-6-4-8-22(14)17(23)9-15-18(24)19(25)16(27-15)11-20-10-13-5-2-3-7-21-13/h2-3,5,7,14-16,18-20,24-25H,4,6,8-12H2,1H3/t14-,15+,16-,18+,19-/m1/s1. The number of ether oxygens (including phenoxy) is 2. The summed E-state index contributed by atoms with van der Waals surface area (Å²) in [6, 6.07) is 5.75. The van der Waals surface area contributed by atoms with Gasteiger partial charge in [0.1, 0.15) is 12.2 Å². The van der Waals surface area contributed by atoms with Crippen LogP contribution in [0.25, 0.3) is 0 Å². The van der Waals surface area contributed by atoms with E-state index in [1.54, 1.807) is 18.2 Å². The number of carbonyl (C=O) groups is 1. The van der Waals surface area contributed by atoms with E-state index in [2.05, 4.69) is 10.3 Å². The Kier molecular flexibility index (Phi) is 7.14. The van der Waals surface area contributed by atoms with E-state index in [1.165, 1.54) is 0 Å².